The Morgan fingerprint density at radius 3 is 3.00 bits per heavy atom. The Labute approximate surface area is 110 Å². The third kappa shape index (κ3) is 3.29. The lowest BCUT2D eigenvalue weighted by Gasteiger charge is -2.01. The summed E-state index contributed by atoms with van der Waals surface area (Å²) in [5, 5.41) is 2.76. The molecule has 0 aliphatic carbocycles. The van der Waals surface area contributed by atoms with Gasteiger partial charge in [0.15, 0.2) is 9.84 Å². The van der Waals surface area contributed by atoms with Gasteiger partial charge in [0.25, 0.3) is 0 Å². The number of rotatable bonds is 4. The summed E-state index contributed by atoms with van der Waals surface area (Å²) < 4.78 is 27.3. The Bertz CT molecular complexity index is 535. The maximum atomic E-state index is 11.4. The first kappa shape index (κ1) is 13.5. The second kappa shape index (κ2) is 5.36. The lowest BCUT2D eigenvalue weighted by atomic mass is 10.1. The number of thiazole rings is 1. The number of esters is 1. The molecule has 1 saturated heterocycles. The van der Waals surface area contributed by atoms with E-state index in [1.165, 1.54) is 18.4 Å². The van der Waals surface area contributed by atoms with Crippen LogP contribution in [0.15, 0.2) is 5.38 Å². The van der Waals surface area contributed by atoms with Crippen molar-refractivity contribution >= 4 is 27.1 Å². The monoisotopic (exact) mass is 289 g/mol. The molecule has 1 aliphatic rings. The number of sulfone groups is 1. The van der Waals surface area contributed by atoms with Gasteiger partial charge in [-0.2, -0.15) is 0 Å². The van der Waals surface area contributed by atoms with Crippen molar-refractivity contribution in [3.8, 4) is 0 Å². The van der Waals surface area contributed by atoms with Crippen molar-refractivity contribution in [2.45, 2.75) is 25.2 Å². The molecule has 7 heteroatoms. The number of aryl methyl sites for hydroxylation is 1. The maximum Gasteiger partial charge on any atom is 0.305 e. The van der Waals surface area contributed by atoms with Crippen molar-refractivity contribution in [1.82, 2.24) is 4.98 Å². The van der Waals surface area contributed by atoms with E-state index >= 15 is 0 Å². The van der Waals surface area contributed by atoms with Crippen LogP contribution in [0.1, 0.15) is 29.5 Å². The standard InChI is InChI=1S/C11H15NO4S2/c1-16-10(13)3-2-9-6-17-11(12-9)8-4-5-18(14,15)7-8/h6,8H,2-5,7H2,1H3. The average molecular weight is 289 g/mol. The van der Waals surface area contributed by atoms with Gasteiger partial charge >= 0.3 is 5.97 Å². The summed E-state index contributed by atoms with van der Waals surface area (Å²) in [5.74, 6) is 0.242. The van der Waals surface area contributed by atoms with Crippen LogP contribution in [-0.2, 0) is 25.8 Å². The van der Waals surface area contributed by atoms with Gasteiger partial charge in [-0.05, 0) is 6.42 Å². The highest BCUT2D eigenvalue weighted by atomic mass is 32.2. The van der Waals surface area contributed by atoms with E-state index in [-0.39, 0.29) is 23.4 Å². The van der Waals surface area contributed by atoms with E-state index in [2.05, 4.69) is 9.72 Å². The fraction of sp³-hybridized carbons (Fsp3) is 0.636. The van der Waals surface area contributed by atoms with Crippen LogP contribution in [0, 0.1) is 0 Å². The minimum Gasteiger partial charge on any atom is -0.469 e. The van der Waals surface area contributed by atoms with Crippen molar-refractivity contribution in [2.75, 3.05) is 18.6 Å². The highest BCUT2D eigenvalue weighted by molar-refractivity contribution is 7.91. The number of methoxy groups -OCH3 is 1. The van der Waals surface area contributed by atoms with Gasteiger partial charge in [-0.3, -0.25) is 4.79 Å². The largest absolute Gasteiger partial charge is 0.469 e. The summed E-state index contributed by atoms with van der Waals surface area (Å²) in [7, 11) is -1.51. The number of hydrogen-bond donors (Lipinski definition) is 0. The molecule has 1 aromatic rings. The molecule has 0 radical (unpaired) electrons. The molecule has 5 nitrogen and oxygen atoms in total. The third-order valence-electron chi connectivity index (χ3n) is 2.96. The minimum absolute atomic E-state index is 0.0341. The van der Waals surface area contributed by atoms with E-state index in [0.717, 1.165) is 10.7 Å². The number of hydrogen-bond acceptors (Lipinski definition) is 6. The smallest absolute Gasteiger partial charge is 0.305 e. The Balaban J connectivity index is 1.96. The molecule has 0 aromatic carbocycles. The van der Waals surface area contributed by atoms with Crippen LogP contribution >= 0.6 is 11.3 Å². The molecular formula is C11H15NO4S2. The molecule has 18 heavy (non-hydrogen) atoms. The number of carbonyl (C=O) groups is 1. The van der Waals surface area contributed by atoms with Crippen LogP contribution in [0.2, 0.25) is 0 Å². The number of carbonyl (C=O) groups excluding carboxylic acids is 1. The Hall–Kier alpha value is -0.950. The van der Waals surface area contributed by atoms with Gasteiger partial charge in [-0.1, -0.05) is 0 Å². The van der Waals surface area contributed by atoms with Crippen LogP contribution in [-0.4, -0.2) is 38.0 Å². The van der Waals surface area contributed by atoms with Crippen LogP contribution in [0.25, 0.3) is 0 Å². The van der Waals surface area contributed by atoms with Crippen molar-refractivity contribution in [3.63, 3.8) is 0 Å². The molecule has 0 spiro atoms. The quantitative estimate of drug-likeness (QED) is 0.777. The normalized spacial score (nSPS) is 21.9. The summed E-state index contributed by atoms with van der Waals surface area (Å²) in [6, 6.07) is 0. The first-order valence-electron chi connectivity index (χ1n) is 5.72. The molecule has 2 heterocycles. The second-order valence-electron chi connectivity index (χ2n) is 4.35. The number of aromatic nitrogens is 1. The van der Waals surface area contributed by atoms with Gasteiger partial charge in [-0.15, -0.1) is 11.3 Å². The summed E-state index contributed by atoms with van der Waals surface area (Å²) in [4.78, 5) is 15.4. The molecule has 1 atom stereocenters. The fourth-order valence-corrected chi connectivity index (χ4v) is 4.79. The van der Waals surface area contributed by atoms with Gasteiger partial charge in [0, 0.05) is 17.7 Å². The van der Waals surface area contributed by atoms with Crippen LogP contribution in [0.4, 0.5) is 0 Å². The topological polar surface area (TPSA) is 73.3 Å². The lowest BCUT2D eigenvalue weighted by Crippen LogP contribution is -2.04. The Morgan fingerprint density at radius 2 is 2.39 bits per heavy atom. The number of nitrogens with zero attached hydrogens (tertiary/aromatic N) is 1. The zero-order valence-electron chi connectivity index (χ0n) is 10.1. The van der Waals surface area contributed by atoms with E-state index in [1.54, 1.807) is 0 Å². The molecule has 0 bridgehead atoms. The van der Waals surface area contributed by atoms with Gasteiger partial charge in [0.2, 0.25) is 0 Å². The predicted octanol–water partition coefficient (Wildman–Crippen LogP) is 1.15. The third-order valence-corrected chi connectivity index (χ3v) is 5.79. The average Bonchev–Trinajstić information content (AvgIpc) is 2.92. The SMILES string of the molecule is COC(=O)CCc1csc(C2CCS(=O)(=O)C2)n1. The molecule has 1 fully saturated rings. The van der Waals surface area contributed by atoms with Gasteiger partial charge < -0.3 is 4.74 Å². The summed E-state index contributed by atoms with van der Waals surface area (Å²) in [6.45, 7) is 0. The molecular weight excluding hydrogens is 274 g/mol. The summed E-state index contributed by atoms with van der Waals surface area (Å²) >= 11 is 1.48. The maximum absolute atomic E-state index is 11.4. The van der Waals surface area contributed by atoms with Gasteiger partial charge in [0.05, 0.1) is 35.7 Å². The molecule has 1 aliphatic heterocycles. The summed E-state index contributed by atoms with van der Waals surface area (Å²) in [5.41, 5.74) is 0.838. The molecule has 100 valence electrons. The molecule has 2 rings (SSSR count). The first-order chi connectivity index (χ1) is 8.50. The Morgan fingerprint density at radius 1 is 1.61 bits per heavy atom. The molecule has 0 saturated carbocycles. The highest BCUT2D eigenvalue weighted by Crippen LogP contribution is 2.31. The molecule has 0 N–H and O–H groups in total. The fourth-order valence-electron chi connectivity index (χ4n) is 1.95. The second-order valence-corrected chi connectivity index (χ2v) is 7.47. The van der Waals surface area contributed by atoms with Crippen LogP contribution in [0.3, 0.4) is 0 Å². The zero-order chi connectivity index (χ0) is 13.2. The molecule has 0 amide bonds. The van der Waals surface area contributed by atoms with Gasteiger partial charge in [0.1, 0.15) is 0 Å². The number of ether oxygens (including phenoxy) is 1. The van der Waals surface area contributed by atoms with E-state index in [1.807, 2.05) is 5.38 Å². The highest BCUT2D eigenvalue weighted by Gasteiger charge is 2.30. The molecule has 1 aromatic heterocycles. The Kier molecular flexibility index (Phi) is 4.01. The first-order valence-corrected chi connectivity index (χ1v) is 8.42. The van der Waals surface area contributed by atoms with E-state index in [4.69, 9.17) is 0 Å². The van der Waals surface area contributed by atoms with Gasteiger partial charge in [-0.25, -0.2) is 13.4 Å². The lowest BCUT2D eigenvalue weighted by molar-refractivity contribution is -0.140. The minimum atomic E-state index is -2.87. The summed E-state index contributed by atoms with van der Waals surface area (Å²) in [6.07, 6.45) is 1.51. The van der Waals surface area contributed by atoms with Crippen molar-refractivity contribution in [3.05, 3.63) is 16.1 Å². The van der Waals surface area contributed by atoms with Crippen LogP contribution in [0.5, 0.6) is 0 Å². The van der Waals surface area contributed by atoms with E-state index in [0.29, 0.717) is 19.3 Å². The van der Waals surface area contributed by atoms with E-state index in [9.17, 15) is 13.2 Å². The van der Waals surface area contributed by atoms with Crippen molar-refractivity contribution in [2.24, 2.45) is 0 Å². The zero-order valence-corrected chi connectivity index (χ0v) is 11.7. The van der Waals surface area contributed by atoms with Crippen molar-refractivity contribution < 1.29 is 17.9 Å². The molecule has 1 unspecified atom stereocenters. The van der Waals surface area contributed by atoms with Crippen molar-refractivity contribution in [1.29, 1.82) is 0 Å². The predicted molar refractivity (Wildman–Crippen MR) is 68.5 cm³/mol. The van der Waals surface area contributed by atoms with Crippen LogP contribution < -0.4 is 0 Å². The van der Waals surface area contributed by atoms with E-state index < -0.39 is 9.84 Å².